The van der Waals surface area contributed by atoms with Crippen molar-refractivity contribution in [1.29, 1.82) is 0 Å². The molecule has 0 bridgehead atoms. The number of rotatable bonds is 6. The summed E-state index contributed by atoms with van der Waals surface area (Å²) in [6.45, 7) is 1.44. The number of esters is 1. The minimum atomic E-state index is -1.20. The van der Waals surface area contributed by atoms with Crippen molar-refractivity contribution in [3.8, 4) is 0 Å². The average Bonchev–Trinajstić information content (AvgIpc) is 2.13. The van der Waals surface area contributed by atoms with Gasteiger partial charge in [-0.15, -0.1) is 12.4 Å². The number of carboxylic acid groups (broad SMARTS) is 2. The average molecular weight is 315 g/mol. The summed E-state index contributed by atoms with van der Waals surface area (Å²) < 4.78 is 5.39. The van der Waals surface area contributed by atoms with Gasteiger partial charge in [-0.3, -0.25) is 9.59 Å². The molecular weight excluding hydrogens is 292 g/mol. The lowest BCUT2D eigenvalue weighted by Crippen LogP contribution is -2.45. The maximum Gasteiger partial charge on any atom is 0.317 e. The van der Waals surface area contributed by atoms with Gasteiger partial charge in [0.25, 0.3) is 0 Å². The van der Waals surface area contributed by atoms with Gasteiger partial charge in [-0.05, 0) is 0 Å². The number of likely N-dealkylation sites (N-methyl/N-ethyl adjacent to an activating group) is 1. The van der Waals surface area contributed by atoms with E-state index in [4.69, 9.17) is 9.84 Å². The molecule has 0 saturated heterocycles. The molecule has 8 nitrogen and oxygen atoms in total. The Kier molecular flexibility index (Phi) is 13.6. The lowest BCUT2D eigenvalue weighted by Gasteiger charge is -2.28. The number of nitrogens with two attached hydrogens (primary N) is 1. The monoisotopic (exact) mass is 314 g/mol. The van der Waals surface area contributed by atoms with Crippen molar-refractivity contribution in [2.24, 2.45) is 5.73 Å². The number of nitrogens with zero attached hydrogens (tertiary/aromatic N) is 1. The molecule has 0 aromatic rings. The summed E-state index contributed by atoms with van der Waals surface area (Å²) in [7, 11) is 5.68. The quantitative estimate of drug-likeness (QED) is 0.437. The molecular formula is C11H23ClN2O6. The van der Waals surface area contributed by atoms with E-state index in [1.54, 1.807) is 0 Å². The Morgan fingerprint density at radius 3 is 1.90 bits per heavy atom. The van der Waals surface area contributed by atoms with Crippen molar-refractivity contribution < 1.29 is 33.8 Å². The minimum absolute atomic E-state index is 0. The molecule has 0 fully saturated rings. The molecule has 1 unspecified atom stereocenters. The van der Waals surface area contributed by atoms with Crippen LogP contribution in [0.2, 0.25) is 0 Å². The van der Waals surface area contributed by atoms with Crippen molar-refractivity contribution in [3.63, 3.8) is 0 Å². The summed E-state index contributed by atoms with van der Waals surface area (Å²) >= 11 is 0. The minimum Gasteiger partial charge on any atom is -0.550 e. The van der Waals surface area contributed by atoms with Crippen LogP contribution in [-0.2, 0) is 19.1 Å². The molecule has 0 aliphatic carbocycles. The fourth-order valence-electron chi connectivity index (χ4n) is 1.17. The standard InChI is InChI=1S/C9H17NO4.C2H5NO2.ClH/c1-7(11)14-8(5-9(12)13)6-10(2,3)4;3-1-2(4)5;/h8H,5-6H2,1-4H3;1,3H2,(H,4,5);1H. The van der Waals surface area contributed by atoms with Crippen LogP contribution < -0.4 is 10.8 Å². The SMILES string of the molecule is CC(=O)OC(CC(=O)[O-])C[N+](C)(C)C.Cl.NCC(=O)O. The van der Waals surface area contributed by atoms with E-state index in [1.165, 1.54) is 6.92 Å². The second kappa shape index (κ2) is 11.4. The van der Waals surface area contributed by atoms with Gasteiger partial charge >= 0.3 is 11.9 Å². The molecule has 3 N–H and O–H groups in total. The zero-order chi connectivity index (χ0) is 15.6. The van der Waals surface area contributed by atoms with Gasteiger partial charge in [-0.1, -0.05) is 0 Å². The molecule has 0 aliphatic heterocycles. The predicted molar refractivity (Wildman–Crippen MR) is 72.0 cm³/mol. The van der Waals surface area contributed by atoms with Gasteiger partial charge in [0.1, 0.15) is 6.54 Å². The summed E-state index contributed by atoms with van der Waals surface area (Å²) in [6, 6.07) is 0. The Labute approximate surface area is 124 Å². The van der Waals surface area contributed by atoms with E-state index in [-0.39, 0.29) is 25.4 Å². The molecule has 0 aliphatic rings. The molecule has 0 aromatic heterocycles. The third-order valence-electron chi connectivity index (χ3n) is 1.65. The van der Waals surface area contributed by atoms with Crippen LogP contribution in [0, 0.1) is 0 Å². The Bertz CT molecular complexity index is 301. The van der Waals surface area contributed by atoms with Gasteiger partial charge in [0.15, 0.2) is 6.10 Å². The highest BCUT2D eigenvalue weighted by Crippen LogP contribution is 2.04. The number of carbonyl (C=O) groups is 3. The summed E-state index contributed by atoms with van der Waals surface area (Å²) in [5.74, 6) is -2.64. The Morgan fingerprint density at radius 2 is 1.70 bits per heavy atom. The van der Waals surface area contributed by atoms with Crippen molar-refractivity contribution in [2.75, 3.05) is 34.2 Å². The maximum atomic E-state index is 10.7. The number of carbonyl (C=O) groups excluding carboxylic acids is 2. The molecule has 0 radical (unpaired) electrons. The molecule has 0 saturated carbocycles. The van der Waals surface area contributed by atoms with Crippen molar-refractivity contribution in [3.05, 3.63) is 0 Å². The van der Waals surface area contributed by atoms with Crippen molar-refractivity contribution in [1.82, 2.24) is 0 Å². The second-order valence-electron chi connectivity index (χ2n) is 4.88. The van der Waals surface area contributed by atoms with Crippen LogP contribution in [0.4, 0.5) is 0 Å². The Hall–Kier alpha value is -1.38. The summed E-state index contributed by atoms with van der Waals surface area (Å²) in [5, 5.41) is 18.0. The van der Waals surface area contributed by atoms with Crippen LogP contribution in [0.15, 0.2) is 0 Å². The van der Waals surface area contributed by atoms with Gasteiger partial charge in [0.05, 0.1) is 27.7 Å². The first-order valence-corrected chi connectivity index (χ1v) is 5.57. The third kappa shape index (κ3) is 21.9. The number of ether oxygens (including phenoxy) is 1. The zero-order valence-corrected chi connectivity index (χ0v) is 12.9. The van der Waals surface area contributed by atoms with E-state index in [9.17, 15) is 19.5 Å². The number of halogens is 1. The van der Waals surface area contributed by atoms with Crippen LogP contribution in [0.1, 0.15) is 13.3 Å². The highest BCUT2D eigenvalue weighted by molar-refractivity contribution is 5.85. The molecule has 0 spiro atoms. The van der Waals surface area contributed by atoms with Crippen LogP contribution in [0.5, 0.6) is 0 Å². The lowest BCUT2D eigenvalue weighted by molar-refractivity contribution is -0.873. The Morgan fingerprint density at radius 1 is 1.30 bits per heavy atom. The van der Waals surface area contributed by atoms with Crippen LogP contribution in [0.3, 0.4) is 0 Å². The molecule has 1 atom stereocenters. The molecule has 9 heteroatoms. The smallest absolute Gasteiger partial charge is 0.317 e. The van der Waals surface area contributed by atoms with Gasteiger partial charge in [0.2, 0.25) is 0 Å². The zero-order valence-electron chi connectivity index (χ0n) is 12.1. The molecule has 0 amide bonds. The predicted octanol–water partition coefficient (Wildman–Crippen LogP) is -1.78. The van der Waals surface area contributed by atoms with Gasteiger partial charge in [-0.2, -0.15) is 0 Å². The fourth-order valence-corrected chi connectivity index (χ4v) is 1.17. The number of aliphatic carboxylic acids is 2. The molecule has 0 rings (SSSR count). The van der Waals surface area contributed by atoms with E-state index in [1.807, 2.05) is 21.1 Å². The molecule has 0 aromatic carbocycles. The number of hydrogen-bond acceptors (Lipinski definition) is 6. The molecule has 20 heavy (non-hydrogen) atoms. The normalized spacial score (nSPS) is 11.2. The van der Waals surface area contributed by atoms with E-state index in [0.717, 1.165) is 0 Å². The lowest BCUT2D eigenvalue weighted by atomic mass is 10.2. The van der Waals surface area contributed by atoms with E-state index < -0.39 is 24.0 Å². The number of carboxylic acids is 2. The highest BCUT2D eigenvalue weighted by atomic mass is 35.5. The first kappa shape index (κ1) is 23.7. The topological polar surface area (TPSA) is 130 Å². The molecule has 120 valence electrons. The van der Waals surface area contributed by atoms with Crippen LogP contribution >= 0.6 is 12.4 Å². The number of hydrogen-bond donors (Lipinski definition) is 2. The van der Waals surface area contributed by atoms with E-state index in [0.29, 0.717) is 11.0 Å². The van der Waals surface area contributed by atoms with Gasteiger partial charge < -0.3 is 30.0 Å². The van der Waals surface area contributed by atoms with Crippen molar-refractivity contribution in [2.45, 2.75) is 19.4 Å². The van der Waals surface area contributed by atoms with E-state index >= 15 is 0 Å². The molecule has 0 heterocycles. The van der Waals surface area contributed by atoms with Crippen molar-refractivity contribution >= 4 is 30.3 Å². The third-order valence-corrected chi connectivity index (χ3v) is 1.65. The van der Waals surface area contributed by atoms with Gasteiger partial charge in [-0.25, -0.2) is 0 Å². The summed E-state index contributed by atoms with van der Waals surface area (Å²) in [6.07, 6.45) is -0.868. The second-order valence-corrected chi connectivity index (χ2v) is 4.88. The first-order valence-electron chi connectivity index (χ1n) is 5.57. The van der Waals surface area contributed by atoms with E-state index in [2.05, 4.69) is 5.73 Å². The fraction of sp³-hybridized carbons (Fsp3) is 0.727. The highest BCUT2D eigenvalue weighted by Gasteiger charge is 2.20. The summed E-state index contributed by atoms with van der Waals surface area (Å²) in [4.78, 5) is 30.3. The largest absolute Gasteiger partial charge is 0.550 e. The Balaban J connectivity index is -0.000000414. The summed E-state index contributed by atoms with van der Waals surface area (Å²) in [5.41, 5.74) is 4.57. The first-order chi connectivity index (χ1) is 8.47. The van der Waals surface area contributed by atoms with Gasteiger partial charge in [0, 0.05) is 19.3 Å². The van der Waals surface area contributed by atoms with Crippen LogP contribution in [-0.4, -0.2) is 67.8 Å². The van der Waals surface area contributed by atoms with Crippen LogP contribution in [0.25, 0.3) is 0 Å². The number of quaternary nitrogens is 1. The maximum absolute atomic E-state index is 10.7.